The largest absolute Gasteiger partial charge is 0.398 e. The van der Waals surface area contributed by atoms with Gasteiger partial charge in [-0.1, -0.05) is 15.9 Å². The summed E-state index contributed by atoms with van der Waals surface area (Å²) in [4.78, 5) is 4.22. The van der Waals surface area contributed by atoms with E-state index in [9.17, 15) is 0 Å². The Hall–Kier alpha value is -1.29. The van der Waals surface area contributed by atoms with Crippen LogP contribution < -0.4 is 11.1 Å². The van der Waals surface area contributed by atoms with Gasteiger partial charge in [-0.2, -0.15) is 0 Å². The summed E-state index contributed by atoms with van der Waals surface area (Å²) in [7, 11) is 1.85. The molecular formula is C10H10BrN3. The summed E-state index contributed by atoms with van der Waals surface area (Å²) < 4.78 is 0.965. The van der Waals surface area contributed by atoms with Crippen LogP contribution in [-0.4, -0.2) is 12.0 Å². The minimum atomic E-state index is 0.758. The fourth-order valence-electron chi connectivity index (χ4n) is 1.48. The van der Waals surface area contributed by atoms with Gasteiger partial charge in [0.1, 0.15) is 5.82 Å². The molecule has 3 nitrogen and oxygen atoms in total. The lowest BCUT2D eigenvalue weighted by atomic mass is 10.1. The summed E-state index contributed by atoms with van der Waals surface area (Å²) in [5, 5.41) is 5.09. The van der Waals surface area contributed by atoms with Crippen LogP contribution in [0, 0.1) is 0 Å². The van der Waals surface area contributed by atoms with E-state index in [4.69, 9.17) is 5.73 Å². The molecule has 72 valence electrons. The van der Waals surface area contributed by atoms with E-state index < -0.39 is 0 Å². The molecule has 1 aromatic heterocycles. The Kier molecular flexibility index (Phi) is 2.29. The molecule has 0 aliphatic rings. The number of halogens is 1. The van der Waals surface area contributed by atoms with Gasteiger partial charge in [0, 0.05) is 34.2 Å². The summed E-state index contributed by atoms with van der Waals surface area (Å²) in [5.74, 6) is 0.843. The van der Waals surface area contributed by atoms with Crippen molar-refractivity contribution in [2.75, 3.05) is 18.1 Å². The maximum atomic E-state index is 5.90. The maximum Gasteiger partial charge on any atom is 0.133 e. The first-order valence-electron chi connectivity index (χ1n) is 4.24. The molecule has 0 saturated heterocycles. The molecule has 0 atom stereocenters. The lowest BCUT2D eigenvalue weighted by Gasteiger charge is -2.07. The minimum Gasteiger partial charge on any atom is -0.398 e. The van der Waals surface area contributed by atoms with Crippen LogP contribution >= 0.6 is 15.9 Å². The Morgan fingerprint density at radius 2 is 2.14 bits per heavy atom. The number of nitrogens with two attached hydrogens (primary N) is 1. The van der Waals surface area contributed by atoms with Gasteiger partial charge in [0.25, 0.3) is 0 Å². The van der Waals surface area contributed by atoms with Gasteiger partial charge in [-0.15, -0.1) is 0 Å². The van der Waals surface area contributed by atoms with Crippen molar-refractivity contribution in [1.82, 2.24) is 4.98 Å². The van der Waals surface area contributed by atoms with E-state index in [1.54, 1.807) is 6.20 Å². The number of fused-ring (bicyclic) bond motifs is 1. The second-order valence-corrected chi connectivity index (χ2v) is 3.92. The van der Waals surface area contributed by atoms with Crippen molar-refractivity contribution in [3.63, 3.8) is 0 Å². The molecule has 1 aromatic carbocycles. The Bertz CT molecular complexity index is 482. The van der Waals surface area contributed by atoms with Crippen LogP contribution in [0.5, 0.6) is 0 Å². The number of rotatable bonds is 1. The van der Waals surface area contributed by atoms with E-state index in [0.717, 1.165) is 26.8 Å². The zero-order valence-corrected chi connectivity index (χ0v) is 9.30. The molecule has 2 aromatic rings. The highest BCUT2D eigenvalue weighted by Crippen LogP contribution is 2.29. The average Bonchev–Trinajstić information content (AvgIpc) is 2.17. The molecule has 0 aliphatic carbocycles. The fraction of sp³-hybridized carbons (Fsp3) is 0.100. The quantitative estimate of drug-likeness (QED) is 0.767. The van der Waals surface area contributed by atoms with Crippen molar-refractivity contribution in [3.05, 3.63) is 28.9 Å². The smallest absolute Gasteiger partial charge is 0.133 e. The molecule has 1 heterocycles. The van der Waals surface area contributed by atoms with Gasteiger partial charge in [-0.25, -0.2) is 4.98 Å². The minimum absolute atomic E-state index is 0.758. The zero-order valence-electron chi connectivity index (χ0n) is 7.71. The van der Waals surface area contributed by atoms with Crippen molar-refractivity contribution in [3.8, 4) is 0 Å². The number of aromatic nitrogens is 1. The lowest BCUT2D eigenvalue weighted by Crippen LogP contribution is -1.95. The van der Waals surface area contributed by atoms with E-state index >= 15 is 0 Å². The average molecular weight is 252 g/mol. The molecule has 0 fully saturated rings. The van der Waals surface area contributed by atoms with Gasteiger partial charge in [0.05, 0.1) is 0 Å². The lowest BCUT2D eigenvalue weighted by molar-refractivity contribution is 1.32. The standard InChI is InChI=1S/C10H10BrN3/c1-13-10-8-4-6(11)5-9(12)7(8)2-3-14-10/h2-5H,12H2,1H3,(H,13,14). The summed E-state index contributed by atoms with van der Waals surface area (Å²) in [6.07, 6.45) is 1.75. The number of anilines is 2. The van der Waals surface area contributed by atoms with E-state index in [1.807, 2.05) is 25.2 Å². The van der Waals surface area contributed by atoms with Gasteiger partial charge < -0.3 is 11.1 Å². The van der Waals surface area contributed by atoms with E-state index in [0.29, 0.717) is 0 Å². The number of nitrogens with one attached hydrogen (secondary N) is 1. The summed E-state index contributed by atoms with van der Waals surface area (Å²) >= 11 is 3.41. The zero-order chi connectivity index (χ0) is 10.1. The number of benzene rings is 1. The molecule has 0 spiro atoms. The Balaban J connectivity index is 2.86. The molecule has 14 heavy (non-hydrogen) atoms. The van der Waals surface area contributed by atoms with Crippen LogP contribution in [0.25, 0.3) is 10.8 Å². The Morgan fingerprint density at radius 1 is 1.36 bits per heavy atom. The summed E-state index contributed by atoms with van der Waals surface area (Å²) in [5.41, 5.74) is 6.65. The molecule has 0 saturated carbocycles. The fourth-order valence-corrected chi connectivity index (χ4v) is 1.95. The second kappa shape index (κ2) is 3.46. The highest BCUT2D eigenvalue weighted by Gasteiger charge is 2.04. The normalized spacial score (nSPS) is 10.4. The Labute approximate surface area is 90.5 Å². The molecule has 4 heteroatoms. The number of hydrogen-bond donors (Lipinski definition) is 2. The van der Waals surface area contributed by atoms with Gasteiger partial charge in [-0.05, 0) is 18.2 Å². The first-order chi connectivity index (χ1) is 6.72. The molecular weight excluding hydrogens is 242 g/mol. The topological polar surface area (TPSA) is 50.9 Å². The SMILES string of the molecule is CNc1nccc2c(N)cc(Br)cc12. The highest BCUT2D eigenvalue weighted by molar-refractivity contribution is 9.10. The number of nitrogen functional groups attached to an aromatic ring is 1. The third-order valence-corrected chi connectivity index (χ3v) is 2.57. The summed E-state index contributed by atoms with van der Waals surface area (Å²) in [6.45, 7) is 0. The number of nitrogens with zero attached hydrogens (tertiary/aromatic N) is 1. The van der Waals surface area contributed by atoms with Crippen molar-refractivity contribution in [2.45, 2.75) is 0 Å². The monoisotopic (exact) mass is 251 g/mol. The third kappa shape index (κ3) is 1.42. The predicted molar refractivity (Wildman–Crippen MR) is 63.4 cm³/mol. The second-order valence-electron chi connectivity index (χ2n) is 3.00. The maximum absolute atomic E-state index is 5.90. The highest BCUT2D eigenvalue weighted by atomic mass is 79.9. The first kappa shape index (κ1) is 9.27. The Morgan fingerprint density at radius 3 is 2.86 bits per heavy atom. The van der Waals surface area contributed by atoms with Crippen LogP contribution in [-0.2, 0) is 0 Å². The van der Waals surface area contributed by atoms with Crippen LogP contribution in [0.15, 0.2) is 28.9 Å². The van der Waals surface area contributed by atoms with E-state index in [1.165, 1.54) is 0 Å². The van der Waals surface area contributed by atoms with Crippen molar-refractivity contribution in [1.29, 1.82) is 0 Å². The van der Waals surface area contributed by atoms with Gasteiger partial charge >= 0.3 is 0 Å². The van der Waals surface area contributed by atoms with E-state index in [-0.39, 0.29) is 0 Å². The van der Waals surface area contributed by atoms with Crippen LogP contribution in [0.3, 0.4) is 0 Å². The number of pyridine rings is 1. The molecule has 2 rings (SSSR count). The third-order valence-electron chi connectivity index (χ3n) is 2.11. The van der Waals surface area contributed by atoms with Gasteiger partial charge in [0.2, 0.25) is 0 Å². The molecule has 0 unspecified atom stereocenters. The van der Waals surface area contributed by atoms with Crippen molar-refractivity contribution < 1.29 is 0 Å². The first-order valence-corrected chi connectivity index (χ1v) is 5.03. The molecule has 0 radical (unpaired) electrons. The molecule has 0 amide bonds. The summed E-state index contributed by atoms with van der Waals surface area (Å²) in [6, 6.07) is 5.81. The molecule has 3 N–H and O–H groups in total. The number of hydrogen-bond acceptors (Lipinski definition) is 3. The van der Waals surface area contributed by atoms with Gasteiger partial charge in [0.15, 0.2) is 0 Å². The van der Waals surface area contributed by atoms with Crippen molar-refractivity contribution in [2.24, 2.45) is 0 Å². The van der Waals surface area contributed by atoms with Gasteiger partial charge in [-0.3, -0.25) is 0 Å². The predicted octanol–water partition coefficient (Wildman–Crippen LogP) is 2.62. The van der Waals surface area contributed by atoms with Crippen LogP contribution in [0.4, 0.5) is 11.5 Å². The van der Waals surface area contributed by atoms with Crippen LogP contribution in [0.1, 0.15) is 0 Å². The van der Waals surface area contributed by atoms with Crippen molar-refractivity contribution >= 4 is 38.2 Å². The van der Waals surface area contributed by atoms with E-state index in [2.05, 4.69) is 26.2 Å². The molecule has 0 aliphatic heterocycles. The van der Waals surface area contributed by atoms with Crippen LogP contribution in [0.2, 0.25) is 0 Å². The molecule has 0 bridgehead atoms.